The van der Waals surface area contributed by atoms with E-state index >= 15 is 0 Å². The molecule has 0 aliphatic heterocycles. The molecule has 0 bridgehead atoms. The van der Waals surface area contributed by atoms with Gasteiger partial charge in [-0.1, -0.05) is 38.1 Å². The highest BCUT2D eigenvalue weighted by molar-refractivity contribution is 7.59. The fourth-order valence-corrected chi connectivity index (χ4v) is 5.59. The second-order valence-corrected chi connectivity index (χ2v) is 11.7. The molecule has 11 nitrogen and oxygen atoms in total. The molecule has 3 rings (SSSR count). The van der Waals surface area contributed by atoms with Crippen molar-refractivity contribution in [3.05, 3.63) is 48.0 Å². The summed E-state index contributed by atoms with van der Waals surface area (Å²) in [5, 5.41) is 15.4. The summed E-state index contributed by atoms with van der Waals surface area (Å²) in [6, 6.07) is 8.00. The number of nitrogens with one attached hydrogen (secondary N) is 2. The Morgan fingerprint density at radius 3 is 2.51 bits per heavy atom. The van der Waals surface area contributed by atoms with Crippen LogP contribution in [0, 0.1) is 0 Å². The minimum absolute atomic E-state index is 0.210. The Morgan fingerprint density at radius 2 is 1.89 bits per heavy atom. The Morgan fingerprint density at radius 1 is 1.20 bits per heavy atom. The largest absolute Gasteiger partial charge is 0.480 e. The number of aliphatic carboxylic acids is 1. The summed E-state index contributed by atoms with van der Waals surface area (Å²) in [4.78, 5) is 24.1. The number of fused-ring (bicyclic) bond motifs is 1. The van der Waals surface area contributed by atoms with Crippen LogP contribution in [0.5, 0.6) is 0 Å². The van der Waals surface area contributed by atoms with Crippen molar-refractivity contribution in [3.8, 4) is 0 Å². The number of carboxylic acid groups (broad SMARTS) is 1. The molecule has 0 aliphatic carbocycles. The van der Waals surface area contributed by atoms with E-state index < -0.39 is 19.0 Å². The summed E-state index contributed by atoms with van der Waals surface area (Å²) in [6.45, 7) is 9.66. The Balaban J connectivity index is 1.70. The average molecular weight is 504 g/mol. The van der Waals surface area contributed by atoms with Crippen molar-refractivity contribution in [1.82, 2.24) is 29.7 Å². The van der Waals surface area contributed by atoms with E-state index in [-0.39, 0.29) is 18.3 Å². The zero-order valence-corrected chi connectivity index (χ0v) is 21.6. The molecule has 35 heavy (non-hydrogen) atoms. The minimum atomic E-state index is -3.46. The van der Waals surface area contributed by atoms with Gasteiger partial charge in [0.1, 0.15) is 23.7 Å². The lowest BCUT2D eigenvalue weighted by Gasteiger charge is -2.30. The van der Waals surface area contributed by atoms with Crippen LogP contribution in [0.3, 0.4) is 0 Å². The lowest BCUT2D eigenvalue weighted by atomic mass is 10.0. The molecule has 1 aromatic carbocycles. The summed E-state index contributed by atoms with van der Waals surface area (Å²) in [5.74, 6) is -0.417. The first kappa shape index (κ1) is 26.7. The smallest absolute Gasteiger partial charge is 0.323 e. The third-order valence-corrected chi connectivity index (χ3v) is 7.71. The van der Waals surface area contributed by atoms with Crippen LogP contribution < -0.4 is 15.9 Å². The molecule has 0 radical (unpaired) electrons. The molecule has 3 aromatic rings. The number of aromatic nitrogens is 4. The molecular weight excluding hydrogens is 469 g/mol. The van der Waals surface area contributed by atoms with Gasteiger partial charge in [-0.2, -0.15) is 0 Å². The van der Waals surface area contributed by atoms with Crippen LogP contribution >= 0.6 is 7.44 Å². The van der Waals surface area contributed by atoms with Crippen molar-refractivity contribution < 1.29 is 19.2 Å². The topological polar surface area (TPSA) is 157 Å². The lowest BCUT2D eigenvalue weighted by Crippen LogP contribution is -2.47. The van der Waals surface area contributed by atoms with Crippen LogP contribution in [0.4, 0.5) is 5.82 Å². The maximum Gasteiger partial charge on any atom is 0.323 e. The SMILES string of the molecule is CC(Cn1cnc2c(N)ncnc21)OCP(=O)(NCc1ccc(C(C)C)cc1)NC(C)(C)C(=O)O. The standard InChI is InChI=1S/C23H34N7O4P/c1-15(2)18-8-6-17(7-9-18)10-28-35(33,29-23(4,5)22(31)32)14-34-16(3)11-30-13-27-19-20(24)25-12-26-21(19)30/h6-9,12-13,15-16H,10-11,14H2,1-5H3,(H,31,32)(H2,24,25,26)(H2,28,29,33). The summed E-state index contributed by atoms with van der Waals surface area (Å²) >= 11 is 0. The molecule has 0 aliphatic rings. The third kappa shape index (κ3) is 6.85. The first-order chi connectivity index (χ1) is 16.4. The summed E-state index contributed by atoms with van der Waals surface area (Å²) < 4.78 is 21.5. The van der Waals surface area contributed by atoms with Crippen molar-refractivity contribution in [3.63, 3.8) is 0 Å². The van der Waals surface area contributed by atoms with Crippen molar-refractivity contribution in [1.29, 1.82) is 0 Å². The van der Waals surface area contributed by atoms with Gasteiger partial charge < -0.3 is 20.1 Å². The molecule has 0 amide bonds. The highest BCUT2D eigenvalue weighted by Gasteiger charge is 2.36. The van der Waals surface area contributed by atoms with Crippen LogP contribution in [-0.4, -0.2) is 48.6 Å². The fourth-order valence-electron chi connectivity index (χ4n) is 3.45. The predicted octanol–water partition coefficient (Wildman–Crippen LogP) is 3.33. The minimum Gasteiger partial charge on any atom is -0.480 e. The first-order valence-corrected chi connectivity index (χ1v) is 13.3. The summed E-state index contributed by atoms with van der Waals surface area (Å²) in [6.07, 6.45) is 2.38. The number of hydrogen-bond acceptors (Lipinski definition) is 7. The maximum absolute atomic E-state index is 13.8. The van der Waals surface area contributed by atoms with E-state index in [0.29, 0.717) is 30.2 Å². The van der Waals surface area contributed by atoms with E-state index in [4.69, 9.17) is 10.5 Å². The number of imidazole rings is 1. The van der Waals surface area contributed by atoms with Crippen molar-refractivity contribution in [2.24, 2.45) is 0 Å². The molecule has 0 spiro atoms. The van der Waals surface area contributed by atoms with Crippen molar-refractivity contribution >= 4 is 30.4 Å². The molecule has 2 heterocycles. The Kier molecular flexibility index (Phi) is 8.27. The van der Waals surface area contributed by atoms with E-state index in [0.717, 1.165) is 5.56 Å². The van der Waals surface area contributed by atoms with Crippen LogP contribution in [-0.2, 0) is 27.2 Å². The molecule has 0 saturated heterocycles. The molecule has 5 N–H and O–H groups in total. The number of anilines is 1. The van der Waals surface area contributed by atoms with Crippen molar-refractivity contribution in [2.75, 3.05) is 12.1 Å². The number of nitrogens with zero attached hydrogens (tertiary/aromatic N) is 4. The van der Waals surface area contributed by atoms with E-state index in [1.165, 1.54) is 25.7 Å². The highest BCUT2D eigenvalue weighted by atomic mass is 31.2. The number of rotatable bonds is 12. The third-order valence-electron chi connectivity index (χ3n) is 5.60. The van der Waals surface area contributed by atoms with Gasteiger partial charge in [0.25, 0.3) is 0 Å². The number of nitrogens with two attached hydrogens (primary N) is 1. The first-order valence-electron chi connectivity index (χ1n) is 11.4. The zero-order valence-electron chi connectivity index (χ0n) is 20.7. The highest BCUT2D eigenvalue weighted by Crippen LogP contribution is 2.40. The Labute approximate surface area is 205 Å². The van der Waals surface area contributed by atoms with Gasteiger partial charge in [0.15, 0.2) is 11.5 Å². The van der Waals surface area contributed by atoms with Gasteiger partial charge in [-0.15, -0.1) is 0 Å². The fraction of sp³-hybridized carbons (Fsp3) is 0.478. The number of hydrogen-bond donors (Lipinski definition) is 4. The van der Waals surface area contributed by atoms with Crippen molar-refractivity contribution in [2.45, 2.75) is 65.3 Å². The molecule has 2 unspecified atom stereocenters. The van der Waals surface area contributed by atoms with E-state index in [9.17, 15) is 14.5 Å². The predicted molar refractivity (Wildman–Crippen MR) is 135 cm³/mol. The van der Waals surface area contributed by atoms with Gasteiger partial charge in [0.2, 0.25) is 7.44 Å². The number of nitrogen functional groups attached to an aromatic ring is 1. The second kappa shape index (κ2) is 10.8. The van der Waals surface area contributed by atoms with Crippen LogP contribution in [0.1, 0.15) is 51.7 Å². The van der Waals surface area contributed by atoms with Gasteiger partial charge in [0, 0.05) is 6.54 Å². The van der Waals surface area contributed by atoms with Crippen LogP contribution in [0.25, 0.3) is 11.2 Å². The van der Waals surface area contributed by atoms with Crippen LogP contribution in [0.15, 0.2) is 36.9 Å². The number of carboxylic acids is 1. The van der Waals surface area contributed by atoms with Crippen LogP contribution in [0.2, 0.25) is 0 Å². The van der Waals surface area contributed by atoms with Gasteiger partial charge >= 0.3 is 5.97 Å². The maximum atomic E-state index is 13.8. The molecule has 2 atom stereocenters. The van der Waals surface area contributed by atoms with E-state index in [2.05, 4.69) is 39.0 Å². The van der Waals surface area contributed by atoms with Gasteiger partial charge in [-0.3, -0.25) is 9.36 Å². The van der Waals surface area contributed by atoms with Gasteiger partial charge in [-0.25, -0.2) is 25.1 Å². The zero-order chi connectivity index (χ0) is 25.8. The Bertz CT molecular complexity index is 1210. The normalized spacial score (nSPS) is 14.8. The molecule has 190 valence electrons. The molecule has 0 saturated carbocycles. The lowest BCUT2D eigenvalue weighted by molar-refractivity contribution is -0.142. The molecule has 0 fully saturated rings. The second-order valence-electron chi connectivity index (χ2n) is 9.45. The van der Waals surface area contributed by atoms with Gasteiger partial charge in [-0.05, 0) is 37.8 Å². The summed E-state index contributed by atoms with van der Waals surface area (Å²) in [7, 11) is -3.46. The summed E-state index contributed by atoms with van der Waals surface area (Å²) in [5.41, 5.74) is 7.63. The number of ether oxygens (including phenoxy) is 1. The van der Waals surface area contributed by atoms with E-state index in [1.807, 2.05) is 31.2 Å². The molecular formula is C23H34N7O4P. The van der Waals surface area contributed by atoms with E-state index in [1.54, 1.807) is 10.9 Å². The number of benzene rings is 1. The molecule has 12 heteroatoms. The number of carbonyl (C=O) groups is 1. The Hall–Kier alpha value is -2.85. The quantitative estimate of drug-likeness (QED) is 0.270. The van der Waals surface area contributed by atoms with Gasteiger partial charge in [0.05, 0.1) is 19.0 Å². The monoisotopic (exact) mass is 503 g/mol. The average Bonchev–Trinajstić information content (AvgIpc) is 3.20. The molecule has 2 aromatic heterocycles.